The highest BCUT2D eigenvalue weighted by Gasteiger charge is 2.63. The summed E-state index contributed by atoms with van der Waals surface area (Å²) in [6.45, 7) is 0. The van der Waals surface area contributed by atoms with Gasteiger partial charge in [-0.1, -0.05) is 0 Å². The first kappa shape index (κ1) is 10.2. The molecule has 8 nitrogen and oxygen atoms in total. The van der Waals surface area contributed by atoms with Crippen molar-refractivity contribution in [1.82, 2.24) is 19.5 Å². The van der Waals surface area contributed by atoms with Crippen LogP contribution in [0.3, 0.4) is 0 Å². The van der Waals surface area contributed by atoms with Crippen LogP contribution in [0.1, 0.15) is 6.23 Å². The van der Waals surface area contributed by atoms with Crippen LogP contribution in [0, 0.1) is 5.92 Å². The average molecular weight is 249 g/mol. The van der Waals surface area contributed by atoms with Gasteiger partial charge in [0.2, 0.25) is 0 Å². The van der Waals surface area contributed by atoms with E-state index in [1.165, 1.54) is 12.7 Å². The van der Waals surface area contributed by atoms with Crippen molar-refractivity contribution in [3.63, 3.8) is 0 Å². The third-order valence-corrected chi connectivity index (χ3v) is 3.61. The molecular formula is C10H11N5O3. The number of imidazole rings is 1. The SMILES string of the molecule is Nc1ncnc2c1ncn2[C@@H]1O[C@@H]2C(O)C2[C@H]1O. The number of nitrogens with two attached hydrogens (primary N) is 1. The number of hydrogen-bond acceptors (Lipinski definition) is 7. The van der Waals surface area contributed by atoms with E-state index >= 15 is 0 Å². The van der Waals surface area contributed by atoms with Crippen LogP contribution in [0.5, 0.6) is 0 Å². The van der Waals surface area contributed by atoms with Crippen molar-refractivity contribution < 1.29 is 14.9 Å². The molecule has 4 N–H and O–H groups in total. The Labute approximate surface area is 101 Å². The van der Waals surface area contributed by atoms with Gasteiger partial charge in [-0.25, -0.2) is 15.0 Å². The quantitative estimate of drug-likeness (QED) is 0.572. The summed E-state index contributed by atoms with van der Waals surface area (Å²) in [7, 11) is 0. The number of ether oxygens (including phenoxy) is 1. The summed E-state index contributed by atoms with van der Waals surface area (Å²) in [5, 5.41) is 19.5. The Bertz CT molecular complexity index is 629. The molecule has 5 atom stereocenters. The fraction of sp³-hybridized carbons (Fsp3) is 0.500. The molecule has 2 aliphatic rings. The Morgan fingerprint density at radius 3 is 2.78 bits per heavy atom. The van der Waals surface area contributed by atoms with Gasteiger partial charge < -0.3 is 20.7 Å². The van der Waals surface area contributed by atoms with Crippen molar-refractivity contribution in [2.24, 2.45) is 5.92 Å². The van der Waals surface area contributed by atoms with E-state index in [0.29, 0.717) is 11.2 Å². The summed E-state index contributed by atoms with van der Waals surface area (Å²) in [5.41, 5.74) is 6.69. The third kappa shape index (κ3) is 1.12. The van der Waals surface area contributed by atoms with Crippen molar-refractivity contribution in [3.05, 3.63) is 12.7 Å². The predicted molar refractivity (Wildman–Crippen MR) is 59.1 cm³/mol. The second-order valence-corrected chi connectivity index (χ2v) is 4.63. The van der Waals surface area contributed by atoms with Crippen molar-refractivity contribution >= 4 is 17.0 Å². The highest BCUT2D eigenvalue weighted by Crippen LogP contribution is 2.50. The van der Waals surface area contributed by atoms with Gasteiger partial charge in [0.1, 0.15) is 17.9 Å². The van der Waals surface area contributed by atoms with E-state index in [-0.39, 0.29) is 17.8 Å². The summed E-state index contributed by atoms with van der Waals surface area (Å²) in [6.07, 6.45) is 0.654. The monoisotopic (exact) mass is 249 g/mol. The number of rotatable bonds is 1. The summed E-state index contributed by atoms with van der Waals surface area (Å²) in [6, 6.07) is 0. The molecule has 4 rings (SSSR count). The van der Waals surface area contributed by atoms with E-state index in [0.717, 1.165) is 0 Å². The van der Waals surface area contributed by atoms with Gasteiger partial charge in [-0.2, -0.15) is 0 Å². The lowest BCUT2D eigenvalue weighted by Gasteiger charge is -2.19. The average Bonchev–Trinajstić information content (AvgIpc) is 2.74. The number of nitrogens with zero attached hydrogens (tertiary/aromatic N) is 4. The number of nitrogen functional groups attached to an aromatic ring is 1. The molecule has 0 spiro atoms. The van der Waals surface area contributed by atoms with Crippen molar-refractivity contribution in [2.45, 2.75) is 24.5 Å². The summed E-state index contributed by atoms with van der Waals surface area (Å²) < 4.78 is 7.20. The minimum Gasteiger partial charge on any atom is -0.390 e. The van der Waals surface area contributed by atoms with Crippen LogP contribution in [-0.4, -0.2) is 48.0 Å². The van der Waals surface area contributed by atoms with Crippen LogP contribution in [0.2, 0.25) is 0 Å². The van der Waals surface area contributed by atoms with E-state index in [1.54, 1.807) is 4.57 Å². The van der Waals surface area contributed by atoms with E-state index in [9.17, 15) is 10.2 Å². The molecule has 0 amide bonds. The first-order chi connectivity index (χ1) is 8.68. The van der Waals surface area contributed by atoms with Crippen LogP contribution < -0.4 is 5.73 Å². The highest BCUT2D eigenvalue weighted by atomic mass is 16.6. The lowest BCUT2D eigenvalue weighted by atomic mass is 10.2. The topological polar surface area (TPSA) is 119 Å². The molecule has 2 aromatic heterocycles. The molecule has 1 saturated heterocycles. The maximum atomic E-state index is 10.1. The maximum Gasteiger partial charge on any atom is 0.167 e. The number of hydrogen-bond donors (Lipinski definition) is 3. The first-order valence-electron chi connectivity index (χ1n) is 5.63. The molecule has 3 heterocycles. The lowest BCUT2D eigenvalue weighted by Crippen LogP contribution is -2.26. The predicted octanol–water partition coefficient (Wildman–Crippen LogP) is -1.34. The maximum absolute atomic E-state index is 10.1. The Morgan fingerprint density at radius 1 is 1.22 bits per heavy atom. The molecule has 1 aliphatic heterocycles. The Hall–Kier alpha value is -1.77. The van der Waals surface area contributed by atoms with Gasteiger partial charge in [-0.3, -0.25) is 4.57 Å². The van der Waals surface area contributed by atoms with Gasteiger partial charge in [0.05, 0.1) is 18.5 Å². The Balaban J connectivity index is 1.78. The highest BCUT2D eigenvalue weighted by molar-refractivity contribution is 5.81. The minimum absolute atomic E-state index is 0.216. The summed E-state index contributed by atoms with van der Waals surface area (Å²) >= 11 is 0. The van der Waals surface area contributed by atoms with Gasteiger partial charge in [-0.15, -0.1) is 0 Å². The van der Waals surface area contributed by atoms with Gasteiger partial charge in [0.15, 0.2) is 17.7 Å². The standard InChI is InChI=1S/C10H11N5O3/c11-8-4-9(13-1-12-8)15(2-14-4)10-6(17)3-5(16)7(3)18-10/h1-3,5-7,10,16-17H,(H2,11,12,13)/t3?,5?,6-,7+,10-/m1/s1. The molecule has 18 heavy (non-hydrogen) atoms. The first-order valence-corrected chi connectivity index (χ1v) is 5.63. The van der Waals surface area contributed by atoms with Crippen LogP contribution >= 0.6 is 0 Å². The second kappa shape index (κ2) is 3.16. The molecule has 1 aliphatic carbocycles. The molecular weight excluding hydrogens is 238 g/mol. The van der Waals surface area contributed by atoms with Gasteiger partial charge in [0, 0.05) is 5.92 Å². The zero-order valence-corrected chi connectivity index (χ0v) is 9.21. The molecule has 1 saturated carbocycles. The summed E-state index contributed by atoms with van der Waals surface area (Å²) in [5.74, 6) is 0.0723. The number of anilines is 1. The molecule has 0 radical (unpaired) electrons. The van der Waals surface area contributed by atoms with Gasteiger partial charge >= 0.3 is 0 Å². The minimum atomic E-state index is -0.765. The number of aliphatic hydroxyl groups excluding tert-OH is 2. The fourth-order valence-electron chi connectivity index (χ4n) is 2.57. The van der Waals surface area contributed by atoms with Crippen LogP contribution in [0.4, 0.5) is 5.82 Å². The molecule has 94 valence electrons. The fourth-order valence-corrected chi connectivity index (χ4v) is 2.57. The van der Waals surface area contributed by atoms with Crippen LogP contribution in [0.15, 0.2) is 12.7 Å². The largest absolute Gasteiger partial charge is 0.390 e. The molecule has 2 unspecified atom stereocenters. The van der Waals surface area contributed by atoms with Gasteiger partial charge in [-0.05, 0) is 0 Å². The van der Waals surface area contributed by atoms with Crippen molar-refractivity contribution in [1.29, 1.82) is 0 Å². The van der Waals surface area contributed by atoms with Crippen molar-refractivity contribution in [3.8, 4) is 0 Å². The molecule has 2 fully saturated rings. The zero-order valence-electron chi connectivity index (χ0n) is 9.21. The van der Waals surface area contributed by atoms with Crippen molar-refractivity contribution in [2.75, 3.05) is 5.73 Å². The summed E-state index contributed by atoms with van der Waals surface area (Å²) in [4.78, 5) is 12.1. The lowest BCUT2D eigenvalue weighted by molar-refractivity contribution is -0.0670. The normalized spacial score (nSPS) is 38.0. The Kier molecular flexibility index (Phi) is 1.79. The number of aromatic nitrogens is 4. The molecule has 8 heteroatoms. The van der Waals surface area contributed by atoms with E-state index in [1.807, 2.05) is 0 Å². The zero-order chi connectivity index (χ0) is 12.4. The Morgan fingerprint density at radius 2 is 2.06 bits per heavy atom. The third-order valence-electron chi connectivity index (χ3n) is 3.61. The van der Waals surface area contributed by atoms with E-state index < -0.39 is 18.4 Å². The van der Waals surface area contributed by atoms with Crippen LogP contribution in [-0.2, 0) is 4.74 Å². The molecule has 0 bridgehead atoms. The molecule has 0 aromatic carbocycles. The van der Waals surface area contributed by atoms with Gasteiger partial charge in [0.25, 0.3) is 0 Å². The smallest absolute Gasteiger partial charge is 0.167 e. The van der Waals surface area contributed by atoms with E-state index in [2.05, 4.69) is 15.0 Å². The molecule has 2 aromatic rings. The number of aliphatic hydroxyl groups is 2. The second-order valence-electron chi connectivity index (χ2n) is 4.63. The number of fused-ring (bicyclic) bond motifs is 2. The van der Waals surface area contributed by atoms with E-state index in [4.69, 9.17) is 10.5 Å². The van der Waals surface area contributed by atoms with Crippen LogP contribution in [0.25, 0.3) is 11.2 Å².